The van der Waals surface area contributed by atoms with Crippen molar-refractivity contribution < 1.29 is 9.59 Å². The van der Waals surface area contributed by atoms with Crippen LogP contribution in [0.15, 0.2) is 22.7 Å². The maximum absolute atomic E-state index is 12.5. The Labute approximate surface area is 133 Å². The maximum Gasteiger partial charge on any atom is 0.239 e. The number of aryl methyl sites for hydroxylation is 1. The summed E-state index contributed by atoms with van der Waals surface area (Å²) in [5.41, 5.74) is 1.94. The second-order valence-electron chi connectivity index (χ2n) is 5.95. The molecule has 1 aliphatic heterocycles. The number of hydrogen-bond donors (Lipinski definition) is 1. The summed E-state index contributed by atoms with van der Waals surface area (Å²) in [6.45, 7) is 3.32. The van der Waals surface area contributed by atoms with Gasteiger partial charge < -0.3 is 10.2 Å². The van der Waals surface area contributed by atoms with E-state index in [1.165, 1.54) is 12.8 Å². The Morgan fingerprint density at radius 3 is 2.81 bits per heavy atom. The van der Waals surface area contributed by atoms with Gasteiger partial charge in [0.05, 0.1) is 0 Å². The van der Waals surface area contributed by atoms with Gasteiger partial charge in [0.1, 0.15) is 5.92 Å². The lowest BCUT2D eigenvalue weighted by molar-refractivity contribution is -0.132. The highest BCUT2D eigenvalue weighted by molar-refractivity contribution is 9.10. The summed E-state index contributed by atoms with van der Waals surface area (Å²) in [6, 6.07) is 5.85. The number of carbonyl (C=O) groups excluding carboxylic acids is 2. The minimum absolute atomic E-state index is 0.0753. The van der Waals surface area contributed by atoms with Crippen LogP contribution >= 0.6 is 15.9 Å². The van der Waals surface area contributed by atoms with Crippen LogP contribution in [0.4, 0.5) is 5.69 Å². The summed E-state index contributed by atoms with van der Waals surface area (Å²) in [6.07, 6.45) is 3.00. The van der Waals surface area contributed by atoms with Crippen LogP contribution in [-0.4, -0.2) is 24.9 Å². The van der Waals surface area contributed by atoms with Crippen LogP contribution in [0.2, 0.25) is 0 Å². The predicted molar refractivity (Wildman–Crippen MR) is 85.1 cm³/mol. The summed E-state index contributed by atoms with van der Waals surface area (Å²) in [4.78, 5) is 26.4. The minimum atomic E-state index is -0.521. The number of rotatable bonds is 4. The van der Waals surface area contributed by atoms with E-state index < -0.39 is 5.92 Å². The van der Waals surface area contributed by atoms with E-state index in [0.29, 0.717) is 18.9 Å². The first kappa shape index (κ1) is 14.6. The van der Waals surface area contributed by atoms with Gasteiger partial charge in [-0.3, -0.25) is 9.59 Å². The summed E-state index contributed by atoms with van der Waals surface area (Å²) in [5.74, 6) is -0.0695. The van der Waals surface area contributed by atoms with E-state index in [9.17, 15) is 9.59 Å². The molecule has 0 aromatic heterocycles. The van der Waals surface area contributed by atoms with Crippen LogP contribution in [0.25, 0.3) is 0 Å². The highest BCUT2D eigenvalue weighted by Crippen LogP contribution is 2.31. The number of nitrogens with one attached hydrogen (secondary N) is 1. The van der Waals surface area contributed by atoms with Crippen LogP contribution in [0, 0.1) is 18.8 Å². The summed E-state index contributed by atoms with van der Waals surface area (Å²) in [7, 11) is 0. The number of halogens is 1. The van der Waals surface area contributed by atoms with E-state index in [4.69, 9.17) is 0 Å². The molecule has 1 heterocycles. The van der Waals surface area contributed by atoms with Crippen molar-refractivity contribution in [2.75, 3.05) is 18.0 Å². The third-order valence-corrected chi connectivity index (χ3v) is 4.73. The van der Waals surface area contributed by atoms with Gasteiger partial charge in [-0.1, -0.05) is 15.9 Å². The Morgan fingerprint density at radius 2 is 2.14 bits per heavy atom. The quantitative estimate of drug-likeness (QED) is 0.848. The van der Waals surface area contributed by atoms with E-state index >= 15 is 0 Å². The zero-order valence-corrected chi connectivity index (χ0v) is 13.6. The Bertz CT molecular complexity index is 584. The first-order chi connectivity index (χ1) is 10.1. The van der Waals surface area contributed by atoms with Gasteiger partial charge in [-0.2, -0.15) is 0 Å². The topological polar surface area (TPSA) is 49.4 Å². The van der Waals surface area contributed by atoms with E-state index in [2.05, 4.69) is 21.2 Å². The van der Waals surface area contributed by atoms with Gasteiger partial charge in [0.2, 0.25) is 11.8 Å². The normalized spacial score (nSPS) is 21.7. The van der Waals surface area contributed by atoms with E-state index in [1.807, 2.05) is 25.1 Å². The summed E-state index contributed by atoms with van der Waals surface area (Å²) < 4.78 is 0.995. The Kier molecular flexibility index (Phi) is 4.02. The molecule has 1 saturated carbocycles. The molecule has 2 fully saturated rings. The molecule has 112 valence electrons. The summed E-state index contributed by atoms with van der Waals surface area (Å²) in [5, 5.41) is 2.92. The number of benzene rings is 1. The van der Waals surface area contributed by atoms with Crippen LogP contribution in [-0.2, 0) is 9.59 Å². The van der Waals surface area contributed by atoms with Gasteiger partial charge in [-0.25, -0.2) is 0 Å². The van der Waals surface area contributed by atoms with Gasteiger partial charge in [-0.05, 0) is 55.9 Å². The van der Waals surface area contributed by atoms with Crippen molar-refractivity contribution in [3.8, 4) is 0 Å². The molecule has 0 bridgehead atoms. The average Bonchev–Trinajstić information content (AvgIpc) is 3.19. The molecular formula is C16H19BrN2O2. The Hall–Kier alpha value is -1.36. The molecule has 5 heteroatoms. The molecule has 1 atom stereocenters. The SMILES string of the molecule is Cc1cc(Br)ccc1N1CCC(C(=O)NCC2CC2)C1=O. The molecule has 1 aromatic carbocycles. The average molecular weight is 351 g/mol. The molecule has 2 aliphatic rings. The molecule has 3 rings (SSSR count). The van der Waals surface area contributed by atoms with Gasteiger partial charge in [0.15, 0.2) is 0 Å². The van der Waals surface area contributed by atoms with Crippen molar-refractivity contribution in [2.45, 2.75) is 26.2 Å². The monoisotopic (exact) mass is 350 g/mol. The lowest BCUT2D eigenvalue weighted by atomic mass is 10.1. The molecule has 1 saturated heterocycles. The highest BCUT2D eigenvalue weighted by Gasteiger charge is 2.38. The van der Waals surface area contributed by atoms with Crippen molar-refractivity contribution in [2.24, 2.45) is 11.8 Å². The Balaban J connectivity index is 1.68. The molecule has 4 nitrogen and oxygen atoms in total. The largest absolute Gasteiger partial charge is 0.355 e. The van der Waals surface area contributed by atoms with Crippen molar-refractivity contribution in [1.29, 1.82) is 0 Å². The molecule has 1 unspecified atom stereocenters. The van der Waals surface area contributed by atoms with Crippen molar-refractivity contribution in [1.82, 2.24) is 5.32 Å². The third-order valence-electron chi connectivity index (χ3n) is 4.23. The lowest BCUT2D eigenvalue weighted by Gasteiger charge is -2.19. The highest BCUT2D eigenvalue weighted by atomic mass is 79.9. The second kappa shape index (κ2) is 5.79. The Morgan fingerprint density at radius 1 is 1.38 bits per heavy atom. The molecule has 1 N–H and O–H groups in total. The van der Waals surface area contributed by atoms with Gasteiger partial charge in [0, 0.05) is 23.2 Å². The smallest absolute Gasteiger partial charge is 0.239 e. The number of anilines is 1. The molecular weight excluding hydrogens is 332 g/mol. The molecule has 0 spiro atoms. The number of hydrogen-bond acceptors (Lipinski definition) is 2. The van der Waals surface area contributed by atoms with Crippen molar-refractivity contribution in [3.63, 3.8) is 0 Å². The fraction of sp³-hybridized carbons (Fsp3) is 0.500. The minimum Gasteiger partial charge on any atom is -0.355 e. The number of nitrogens with zero attached hydrogens (tertiary/aromatic N) is 1. The maximum atomic E-state index is 12.5. The van der Waals surface area contributed by atoms with Crippen molar-refractivity contribution >= 4 is 33.4 Å². The van der Waals surface area contributed by atoms with Gasteiger partial charge >= 0.3 is 0 Å². The summed E-state index contributed by atoms with van der Waals surface area (Å²) >= 11 is 3.43. The molecule has 0 radical (unpaired) electrons. The second-order valence-corrected chi connectivity index (χ2v) is 6.87. The van der Waals surface area contributed by atoms with Crippen LogP contribution < -0.4 is 10.2 Å². The van der Waals surface area contributed by atoms with Crippen LogP contribution in [0.3, 0.4) is 0 Å². The standard InChI is InChI=1S/C16H19BrN2O2/c1-10-8-12(17)4-5-14(10)19-7-6-13(16(19)21)15(20)18-9-11-2-3-11/h4-5,8,11,13H,2-3,6-7,9H2,1H3,(H,18,20). The van der Waals surface area contributed by atoms with Crippen LogP contribution in [0.5, 0.6) is 0 Å². The molecule has 2 amide bonds. The molecule has 1 aromatic rings. The first-order valence-electron chi connectivity index (χ1n) is 7.41. The van der Waals surface area contributed by atoms with E-state index in [0.717, 1.165) is 22.3 Å². The molecule has 21 heavy (non-hydrogen) atoms. The first-order valence-corrected chi connectivity index (χ1v) is 8.21. The third kappa shape index (κ3) is 3.12. The van der Waals surface area contributed by atoms with Crippen molar-refractivity contribution in [3.05, 3.63) is 28.2 Å². The molecule has 1 aliphatic carbocycles. The zero-order valence-electron chi connectivity index (χ0n) is 12.1. The lowest BCUT2D eigenvalue weighted by Crippen LogP contribution is -2.37. The number of amides is 2. The van der Waals surface area contributed by atoms with Gasteiger partial charge in [0.25, 0.3) is 0 Å². The number of carbonyl (C=O) groups is 2. The van der Waals surface area contributed by atoms with Crippen LogP contribution in [0.1, 0.15) is 24.8 Å². The fourth-order valence-electron chi connectivity index (χ4n) is 2.77. The van der Waals surface area contributed by atoms with E-state index in [-0.39, 0.29) is 11.8 Å². The fourth-order valence-corrected chi connectivity index (χ4v) is 3.25. The zero-order chi connectivity index (χ0) is 15.0. The predicted octanol–water partition coefficient (Wildman–Crippen LogP) is 2.64. The van der Waals surface area contributed by atoms with Gasteiger partial charge in [-0.15, -0.1) is 0 Å². The van der Waals surface area contributed by atoms with E-state index in [1.54, 1.807) is 4.90 Å².